The first-order valence-corrected chi connectivity index (χ1v) is 9.53. The minimum atomic E-state index is -0.305. The van der Waals surface area contributed by atoms with Crippen LogP contribution < -0.4 is 20.7 Å². The molecule has 9 heteroatoms. The van der Waals surface area contributed by atoms with Crippen LogP contribution in [0.1, 0.15) is 32.3 Å². The van der Waals surface area contributed by atoms with Gasteiger partial charge in [-0.05, 0) is 18.4 Å². The molecule has 3 rings (SSSR count). The van der Waals surface area contributed by atoms with E-state index >= 15 is 0 Å². The Morgan fingerprint density at radius 1 is 1.17 bits per heavy atom. The number of esters is 1. The van der Waals surface area contributed by atoms with Gasteiger partial charge in [-0.2, -0.15) is 4.98 Å². The number of anilines is 3. The van der Waals surface area contributed by atoms with Crippen LogP contribution in [0.3, 0.4) is 0 Å². The van der Waals surface area contributed by atoms with Crippen molar-refractivity contribution in [3.05, 3.63) is 46.2 Å². The summed E-state index contributed by atoms with van der Waals surface area (Å²) in [6.07, 6.45) is 1.49. The van der Waals surface area contributed by atoms with Gasteiger partial charge in [0.15, 0.2) is 5.82 Å². The molecular weight excluding hydrogens is 374 g/mol. The molecule has 0 fully saturated rings. The van der Waals surface area contributed by atoms with Gasteiger partial charge in [0.25, 0.3) is 5.56 Å². The SMILES string of the molecule is CC(=O)Nc1nc2c(c(=O)[nH]1)N(Cc1ccccc1)CN2CCCCOC(C)=O. The van der Waals surface area contributed by atoms with Crippen molar-refractivity contribution >= 4 is 29.3 Å². The Kier molecular flexibility index (Phi) is 6.48. The number of hydrogen-bond donors (Lipinski definition) is 2. The summed E-state index contributed by atoms with van der Waals surface area (Å²) < 4.78 is 4.97. The predicted molar refractivity (Wildman–Crippen MR) is 110 cm³/mol. The highest BCUT2D eigenvalue weighted by Gasteiger charge is 2.30. The third-order valence-corrected chi connectivity index (χ3v) is 4.47. The van der Waals surface area contributed by atoms with Gasteiger partial charge in [0.1, 0.15) is 5.69 Å². The summed E-state index contributed by atoms with van der Waals surface area (Å²) in [5.41, 5.74) is 1.28. The number of fused-ring (bicyclic) bond motifs is 1. The maximum absolute atomic E-state index is 12.7. The van der Waals surface area contributed by atoms with Crippen LogP contribution in [0.4, 0.5) is 17.5 Å². The van der Waals surface area contributed by atoms with Gasteiger partial charge in [-0.15, -0.1) is 0 Å². The first-order chi connectivity index (χ1) is 13.9. The van der Waals surface area contributed by atoms with E-state index < -0.39 is 0 Å². The second-order valence-electron chi connectivity index (χ2n) is 6.90. The van der Waals surface area contributed by atoms with Crippen molar-refractivity contribution in [3.63, 3.8) is 0 Å². The second-order valence-corrected chi connectivity index (χ2v) is 6.90. The van der Waals surface area contributed by atoms with Gasteiger partial charge >= 0.3 is 5.97 Å². The van der Waals surface area contributed by atoms with Crippen molar-refractivity contribution in [2.75, 3.05) is 34.9 Å². The van der Waals surface area contributed by atoms with Gasteiger partial charge in [0.05, 0.1) is 13.3 Å². The third kappa shape index (κ3) is 5.34. The quantitative estimate of drug-likeness (QED) is 0.515. The summed E-state index contributed by atoms with van der Waals surface area (Å²) in [7, 11) is 0. The van der Waals surface area contributed by atoms with Gasteiger partial charge in [-0.1, -0.05) is 30.3 Å². The number of carbonyl (C=O) groups is 2. The fraction of sp³-hybridized carbons (Fsp3) is 0.400. The fourth-order valence-corrected chi connectivity index (χ4v) is 3.26. The molecule has 1 aliphatic heterocycles. The molecule has 1 aliphatic rings. The zero-order valence-electron chi connectivity index (χ0n) is 16.6. The molecule has 1 amide bonds. The Balaban J connectivity index is 1.79. The van der Waals surface area contributed by atoms with E-state index in [1.54, 1.807) is 0 Å². The van der Waals surface area contributed by atoms with Gasteiger partial charge in [-0.3, -0.25) is 24.7 Å². The number of amides is 1. The van der Waals surface area contributed by atoms with E-state index in [1.807, 2.05) is 40.1 Å². The average molecular weight is 399 g/mol. The molecule has 2 N–H and O–H groups in total. The summed E-state index contributed by atoms with van der Waals surface area (Å²) in [5, 5.41) is 2.54. The second kappa shape index (κ2) is 9.22. The van der Waals surface area contributed by atoms with Crippen molar-refractivity contribution < 1.29 is 14.3 Å². The lowest BCUT2D eigenvalue weighted by atomic mass is 10.2. The smallest absolute Gasteiger partial charge is 0.302 e. The highest BCUT2D eigenvalue weighted by Crippen LogP contribution is 2.32. The predicted octanol–water partition coefficient (Wildman–Crippen LogP) is 1.86. The number of aromatic nitrogens is 2. The topological polar surface area (TPSA) is 108 Å². The first kappa shape index (κ1) is 20.4. The molecule has 0 saturated carbocycles. The molecule has 2 aromatic rings. The minimum Gasteiger partial charge on any atom is -0.466 e. The Labute approximate surface area is 168 Å². The lowest BCUT2D eigenvalue weighted by molar-refractivity contribution is -0.141. The van der Waals surface area contributed by atoms with Crippen molar-refractivity contribution in [2.45, 2.75) is 33.2 Å². The van der Waals surface area contributed by atoms with Crippen LogP contribution in [0.2, 0.25) is 0 Å². The molecule has 0 bridgehead atoms. The lowest BCUT2D eigenvalue weighted by Crippen LogP contribution is -2.32. The number of aromatic amines is 1. The van der Waals surface area contributed by atoms with E-state index in [-0.39, 0.29) is 23.4 Å². The average Bonchev–Trinajstić information content (AvgIpc) is 2.99. The number of carbonyl (C=O) groups excluding carboxylic acids is 2. The van der Waals surface area contributed by atoms with Crippen molar-refractivity contribution in [3.8, 4) is 0 Å². The van der Waals surface area contributed by atoms with Crippen LogP contribution in [-0.2, 0) is 20.9 Å². The number of nitrogens with one attached hydrogen (secondary N) is 2. The molecular formula is C20H25N5O4. The van der Waals surface area contributed by atoms with E-state index in [0.29, 0.717) is 44.3 Å². The number of benzene rings is 1. The minimum absolute atomic E-state index is 0.132. The Bertz CT molecular complexity index is 928. The van der Waals surface area contributed by atoms with Crippen LogP contribution in [-0.4, -0.2) is 41.7 Å². The Morgan fingerprint density at radius 3 is 2.62 bits per heavy atom. The highest BCUT2D eigenvalue weighted by atomic mass is 16.5. The monoisotopic (exact) mass is 399 g/mol. The number of nitrogens with zero attached hydrogens (tertiary/aromatic N) is 3. The van der Waals surface area contributed by atoms with Crippen LogP contribution in [0.15, 0.2) is 35.1 Å². The summed E-state index contributed by atoms with van der Waals surface area (Å²) in [5.74, 6) is 0.0764. The maximum atomic E-state index is 12.7. The van der Waals surface area contributed by atoms with Crippen molar-refractivity contribution in [1.29, 1.82) is 0 Å². The number of unbranched alkanes of at least 4 members (excludes halogenated alkanes) is 1. The van der Waals surface area contributed by atoms with E-state index in [9.17, 15) is 14.4 Å². The summed E-state index contributed by atoms with van der Waals surface area (Å²) in [6, 6.07) is 9.89. The molecule has 0 spiro atoms. The van der Waals surface area contributed by atoms with Crippen LogP contribution in [0, 0.1) is 0 Å². The summed E-state index contributed by atoms with van der Waals surface area (Å²) in [6.45, 7) is 4.85. The normalized spacial score (nSPS) is 12.6. The number of ether oxygens (including phenoxy) is 1. The summed E-state index contributed by atoms with van der Waals surface area (Å²) in [4.78, 5) is 46.1. The zero-order chi connectivity index (χ0) is 20.8. The molecule has 1 aromatic heterocycles. The van der Waals surface area contributed by atoms with E-state index in [4.69, 9.17) is 4.74 Å². The highest BCUT2D eigenvalue weighted by molar-refractivity contribution is 5.87. The molecule has 0 atom stereocenters. The first-order valence-electron chi connectivity index (χ1n) is 9.53. The lowest BCUT2D eigenvalue weighted by Gasteiger charge is -2.21. The summed E-state index contributed by atoms with van der Waals surface area (Å²) >= 11 is 0. The maximum Gasteiger partial charge on any atom is 0.302 e. The largest absolute Gasteiger partial charge is 0.466 e. The Hall–Kier alpha value is -3.36. The van der Waals surface area contributed by atoms with E-state index in [0.717, 1.165) is 12.0 Å². The molecule has 29 heavy (non-hydrogen) atoms. The van der Waals surface area contributed by atoms with Crippen molar-refractivity contribution in [1.82, 2.24) is 9.97 Å². The van der Waals surface area contributed by atoms with Gasteiger partial charge in [-0.25, -0.2) is 0 Å². The molecule has 9 nitrogen and oxygen atoms in total. The molecule has 0 unspecified atom stereocenters. The van der Waals surface area contributed by atoms with Gasteiger partial charge in [0, 0.05) is 26.9 Å². The van der Waals surface area contributed by atoms with Crippen LogP contribution in [0.25, 0.3) is 0 Å². The molecule has 0 saturated heterocycles. The molecule has 154 valence electrons. The standard InChI is InChI=1S/C20H25N5O4/c1-14(26)21-20-22-18-17(19(28)23-20)25(12-16-8-4-3-5-9-16)13-24(18)10-6-7-11-29-15(2)27/h3-5,8-9H,6-7,10-13H2,1-2H3,(H2,21,22,23,26,28). The van der Waals surface area contributed by atoms with Crippen LogP contribution >= 0.6 is 0 Å². The molecule has 2 heterocycles. The van der Waals surface area contributed by atoms with Gasteiger partial charge < -0.3 is 14.5 Å². The van der Waals surface area contributed by atoms with Gasteiger partial charge in [0.2, 0.25) is 11.9 Å². The zero-order valence-corrected chi connectivity index (χ0v) is 16.6. The van der Waals surface area contributed by atoms with E-state index in [2.05, 4.69) is 15.3 Å². The number of rotatable bonds is 8. The van der Waals surface area contributed by atoms with E-state index in [1.165, 1.54) is 13.8 Å². The third-order valence-electron chi connectivity index (χ3n) is 4.47. The molecule has 0 radical (unpaired) electrons. The number of H-pyrrole nitrogens is 1. The molecule has 0 aliphatic carbocycles. The van der Waals surface area contributed by atoms with Crippen molar-refractivity contribution in [2.24, 2.45) is 0 Å². The fourth-order valence-electron chi connectivity index (χ4n) is 3.26. The Morgan fingerprint density at radius 2 is 1.93 bits per heavy atom. The number of hydrogen-bond acceptors (Lipinski definition) is 7. The molecule has 1 aromatic carbocycles. The van der Waals surface area contributed by atoms with Crippen LogP contribution in [0.5, 0.6) is 0 Å².